The number of nitrogens with one attached hydrogen (secondary N) is 1. The van der Waals surface area contributed by atoms with Crippen LogP contribution >= 0.6 is 0 Å². The fraction of sp³-hybridized carbons (Fsp3) is 0.308. The number of fused-ring (bicyclic) bond motifs is 1. The lowest BCUT2D eigenvalue weighted by molar-refractivity contribution is 0.919. The van der Waals surface area contributed by atoms with Gasteiger partial charge < -0.3 is 10.7 Å². The van der Waals surface area contributed by atoms with Gasteiger partial charge in [0.05, 0.1) is 0 Å². The summed E-state index contributed by atoms with van der Waals surface area (Å²) < 4.78 is 0. The number of nitrogens with two attached hydrogens (primary N) is 1. The van der Waals surface area contributed by atoms with Crippen LogP contribution in [-0.2, 0) is 12.8 Å². The second-order valence-electron chi connectivity index (χ2n) is 3.94. The van der Waals surface area contributed by atoms with E-state index < -0.39 is 0 Å². The zero-order chi connectivity index (χ0) is 11.5. The van der Waals surface area contributed by atoms with Crippen LogP contribution < -0.4 is 11.3 Å². The first-order chi connectivity index (χ1) is 7.74. The third kappa shape index (κ3) is 1.99. The van der Waals surface area contributed by atoms with Crippen LogP contribution in [0.15, 0.2) is 29.1 Å². The maximum atomic E-state index is 11.8. The molecular weight excluding hydrogens is 200 g/mol. The van der Waals surface area contributed by atoms with Crippen LogP contribution in [0, 0.1) is 0 Å². The Morgan fingerprint density at radius 2 is 2.12 bits per heavy atom. The lowest BCUT2D eigenvalue weighted by atomic mass is 10.1. The first-order valence-electron chi connectivity index (χ1n) is 5.59. The average molecular weight is 216 g/mol. The molecule has 0 atom stereocenters. The predicted molar refractivity (Wildman–Crippen MR) is 66.7 cm³/mol. The van der Waals surface area contributed by atoms with Gasteiger partial charge in [0.25, 0.3) is 5.56 Å². The minimum absolute atomic E-state index is 0.0174. The van der Waals surface area contributed by atoms with Crippen LogP contribution in [0.2, 0.25) is 0 Å². The Balaban J connectivity index is 2.62. The van der Waals surface area contributed by atoms with E-state index in [9.17, 15) is 4.79 Å². The fourth-order valence-electron chi connectivity index (χ4n) is 1.87. The van der Waals surface area contributed by atoms with Crippen molar-refractivity contribution in [2.75, 3.05) is 6.54 Å². The number of benzene rings is 1. The van der Waals surface area contributed by atoms with E-state index in [1.165, 1.54) is 5.56 Å². The number of hydrogen-bond acceptors (Lipinski definition) is 2. The van der Waals surface area contributed by atoms with Gasteiger partial charge in [0, 0.05) is 11.1 Å². The van der Waals surface area contributed by atoms with Crippen LogP contribution in [0.4, 0.5) is 0 Å². The first-order valence-corrected chi connectivity index (χ1v) is 5.59. The van der Waals surface area contributed by atoms with Crippen LogP contribution in [0.5, 0.6) is 0 Å². The van der Waals surface area contributed by atoms with Crippen molar-refractivity contribution in [3.63, 3.8) is 0 Å². The van der Waals surface area contributed by atoms with Gasteiger partial charge in [0.2, 0.25) is 0 Å². The standard InChI is InChI=1S/C13H16N2O/c1-2-9-3-4-10-8-11(5-6-14)15-13(16)12(10)7-9/h3-4,7-8H,2,5-6,14H2,1H3,(H,15,16). The molecule has 3 N–H and O–H groups in total. The minimum atomic E-state index is -0.0174. The number of hydrogen-bond donors (Lipinski definition) is 2. The molecule has 0 aliphatic heterocycles. The van der Waals surface area contributed by atoms with Crippen molar-refractivity contribution in [2.24, 2.45) is 5.73 Å². The maximum absolute atomic E-state index is 11.8. The van der Waals surface area contributed by atoms with Crippen molar-refractivity contribution < 1.29 is 0 Å². The van der Waals surface area contributed by atoms with E-state index in [-0.39, 0.29) is 5.56 Å². The molecule has 0 unspecified atom stereocenters. The molecule has 0 saturated carbocycles. The highest BCUT2D eigenvalue weighted by Crippen LogP contribution is 2.13. The summed E-state index contributed by atoms with van der Waals surface area (Å²) in [4.78, 5) is 14.7. The van der Waals surface area contributed by atoms with Crippen molar-refractivity contribution in [1.29, 1.82) is 0 Å². The zero-order valence-corrected chi connectivity index (χ0v) is 9.42. The number of aromatic amines is 1. The molecule has 0 fully saturated rings. The van der Waals surface area contributed by atoms with Gasteiger partial charge in [-0.05, 0) is 42.5 Å². The summed E-state index contributed by atoms with van der Waals surface area (Å²) in [5.41, 5.74) is 7.55. The van der Waals surface area contributed by atoms with Crippen LogP contribution in [0.1, 0.15) is 18.2 Å². The van der Waals surface area contributed by atoms with Crippen LogP contribution in [0.25, 0.3) is 10.8 Å². The first kappa shape index (κ1) is 10.9. The molecule has 0 amide bonds. The van der Waals surface area contributed by atoms with Gasteiger partial charge in [-0.25, -0.2) is 0 Å². The van der Waals surface area contributed by atoms with Crippen molar-refractivity contribution in [2.45, 2.75) is 19.8 Å². The monoisotopic (exact) mass is 216 g/mol. The summed E-state index contributed by atoms with van der Waals surface area (Å²) in [5.74, 6) is 0. The van der Waals surface area contributed by atoms with E-state index in [2.05, 4.69) is 18.0 Å². The van der Waals surface area contributed by atoms with Gasteiger partial charge in [-0.3, -0.25) is 4.79 Å². The molecule has 2 rings (SSSR count). The molecule has 2 aromatic rings. The van der Waals surface area contributed by atoms with E-state index in [4.69, 9.17) is 5.73 Å². The molecule has 0 saturated heterocycles. The molecule has 0 aliphatic carbocycles. The van der Waals surface area contributed by atoms with Crippen LogP contribution in [-0.4, -0.2) is 11.5 Å². The summed E-state index contributed by atoms with van der Waals surface area (Å²) in [6.07, 6.45) is 1.65. The Morgan fingerprint density at radius 1 is 1.31 bits per heavy atom. The van der Waals surface area contributed by atoms with E-state index in [0.29, 0.717) is 13.0 Å². The average Bonchev–Trinajstić information content (AvgIpc) is 2.29. The Labute approximate surface area is 94.3 Å². The van der Waals surface area contributed by atoms with Crippen molar-refractivity contribution in [1.82, 2.24) is 4.98 Å². The minimum Gasteiger partial charge on any atom is -0.330 e. The molecule has 3 nitrogen and oxygen atoms in total. The number of aryl methyl sites for hydroxylation is 1. The Morgan fingerprint density at radius 3 is 2.81 bits per heavy atom. The van der Waals surface area contributed by atoms with Crippen molar-refractivity contribution in [3.05, 3.63) is 45.9 Å². The summed E-state index contributed by atoms with van der Waals surface area (Å²) in [6.45, 7) is 2.63. The highest BCUT2D eigenvalue weighted by molar-refractivity contribution is 5.82. The molecule has 0 radical (unpaired) electrons. The van der Waals surface area contributed by atoms with Crippen molar-refractivity contribution >= 4 is 10.8 Å². The number of pyridine rings is 1. The van der Waals surface area contributed by atoms with E-state index >= 15 is 0 Å². The second kappa shape index (κ2) is 4.49. The van der Waals surface area contributed by atoms with Gasteiger partial charge in [-0.15, -0.1) is 0 Å². The molecule has 0 spiro atoms. The van der Waals surface area contributed by atoms with E-state index in [1.807, 2.05) is 18.2 Å². The quantitative estimate of drug-likeness (QED) is 0.818. The summed E-state index contributed by atoms with van der Waals surface area (Å²) in [6, 6.07) is 8.03. The van der Waals surface area contributed by atoms with Gasteiger partial charge in [-0.2, -0.15) is 0 Å². The van der Waals surface area contributed by atoms with Gasteiger partial charge in [0.1, 0.15) is 0 Å². The van der Waals surface area contributed by atoms with E-state index in [1.54, 1.807) is 0 Å². The van der Waals surface area contributed by atoms with Gasteiger partial charge in [-0.1, -0.05) is 19.1 Å². The molecule has 1 heterocycles. The van der Waals surface area contributed by atoms with Crippen LogP contribution in [0.3, 0.4) is 0 Å². The molecule has 1 aromatic carbocycles. The second-order valence-corrected chi connectivity index (χ2v) is 3.94. The lowest BCUT2D eigenvalue weighted by Gasteiger charge is -2.04. The van der Waals surface area contributed by atoms with Crippen molar-refractivity contribution in [3.8, 4) is 0 Å². The summed E-state index contributed by atoms with van der Waals surface area (Å²) in [7, 11) is 0. The van der Waals surface area contributed by atoms with Gasteiger partial charge in [0.15, 0.2) is 0 Å². The SMILES string of the molecule is CCc1ccc2cc(CCN)[nH]c(=O)c2c1. The Kier molecular flexibility index (Phi) is 3.06. The molecule has 0 bridgehead atoms. The fourth-order valence-corrected chi connectivity index (χ4v) is 1.87. The third-order valence-corrected chi connectivity index (χ3v) is 2.79. The molecular formula is C13H16N2O. The highest BCUT2D eigenvalue weighted by Gasteiger charge is 2.02. The van der Waals surface area contributed by atoms with Gasteiger partial charge >= 0.3 is 0 Å². The number of aromatic nitrogens is 1. The molecule has 3 heteroatoms. The predicted octanol–water partition coefficient (Wildman–Crippen LogP) is 1.59. The topological polar surface area (TPSA) is 58.9 Å². The number of H-pyrrole nitrogens is 1. The normalized spacial score (nSPS) is 10.9. The lowest BCUT2D eigenvalue weighted by Crippen LogP contribution is -2.12. The number of rotatable bonds is 3. The molecule has 84 valence electrons. The Bertz CT molecular complexity index is 557. The third-order valence-electron chi connectivity index (χ3n) is 2.79. The molecule has 0 aliphatic rings. The molecule has 1 aromatic heterocycles. The van der Waals surface area contributed by atoms with E-state index in [0.717, 1.165) is 22.9 Å². The maximum Gasteiger partial charge on any atom is 0.256 e. The Hall–Kier alpha value is -1.61. The zero-order valence-electron chi connectivity index (χ0n) is 9.42. The highest BCUT2D eigenvalue weighted by atomic mass is 16.1. The molecule has 16 heavy (non-hydrogen) atoms. The smallest absolute Gasteiger partial charge is 0.256 e. The summed E-state index contributed by atoms with van der Waals surface area (Å²) >= 11 is 0. The summed E-state index contributed by atoms with van der Waals surface area (Å²) in [5, 5.41) is 1.75. The largest absolute Gasteiger partial charge is 0.330 e.